The van der Waals surface area contributed by atoms with Gasteiger partial charge < -0.3 is 5.32 Å². The number of hydrogen-bond acceptors (Lipinski definition) is 1. The smallest absolute Gasteiger partial charge is 0.256 e. The fourth-order valence-electron chi connectivity index (χ4n) is 4.82. The van der Waals surface area contributed by atoms with Crippen molar-refractivity contribution in [1.29, 1.82) is 0 Å². The predicted molar refractivity (Wildman–Crippen MR) is 146 cm³/mol. The molecule has 0 aliphatic carbocycles. The molecule has 0 fully saturated rings. The Labute approximate surface area is 206 Å². The molecule has 0 aromatic heterocycles. The summed E-state index contributed by atoms with van der Waals surface area (Å²) in [6.45, 7) is 0. The second-order valence-corrected chi connectivity index (χ2v) is 9.16. The summed E-state index contributed by atoms with van der Waals surface area (Å²) in [5, 5.41) is 9.68. The van der Waals surface area contributed by atoms with Crippen LogP contribution in [0.3, 0.4) is 0 Å². The molecule has 3 heteroatoms. The normalized spacial score (nSPS) is 11.2. The molecule has 1 N–H and O–H groups in total. The number of rotatable bonds is 3. The minimum atomic E-state index is -0.124. The molecule has 6 aromatic rings. The molecule has 0 atom stereocenters. The minimum Gasteiger partial charge on any atom is -0.321 e. The number of anilines is 1. The van der Waals surface area contributed by atoms with Crippen molar-refractivity contribution in [1.82, 2.24) is 0 Å². The van der Waals surface area contributed by atoms with Gasteiger partial charge in [-0.3, -0.25) is 4.79 Å². The third-order valence-corrected chi connectivity index (χ3v) is 7.04. The Bertz CT molecular complexity index is 1710. The molecule has 0 bridgehead atoms. The molecule has 0 saturated heterocycles. The van der Waals surface area contributed by atoms with Gasteiger partial charge in [-0.25, -0.2) is 0 Å². The van der Waals surface area contributed by atoms with Gasteiger partial charge in [0.15, 0.2) is 0 Å². The van der Waals surface area contributed by atoms with Gasteiger partial charge in [-0.05, 0) is 44.6 Å². The maximum absolute atomic E-state index is 13.8. The Morgan fingerprint density at radius 2 is 1.06 bits per heavy atom. The zero-order valence-electron chi connectivity index (χ0n) is 18.3. The zero-order valence-corrected chi connectivity index (χ0v) is 19.8. The Balaban J connectivity index is 1.63. The van der Waals surface area contributed by atoms with E-state index in [0.717, 1.165) is 48.2 Å². The largest absolute Gasteiger partial charge is 0.321 e. The van der Waals surface area contributed by atoms with Crippen molar-refractivity contribution in [2.24, 2.45) is 0 Å². The lowest BCUT2D eigenvalue weighted by Crippen LogP contribution is -2.14. The summed E-state index contributed by atoms with van der Waals surface area (Å²) < 4.78 is 0.973. The van der Waals surface area contributed by atoms with Crippen LogP contribution in [0.5, 0.6) is 0 Å². The quantitative estimate of drug-likeness (QED) is 0.241. The van der Waals surface area contributed by atoms with Crippen LogP contribution in [0.15, 0.2) is 120 Å². The van der Waals surface area contributed by atoms with E-state index in [4.69, 9.17) is 0 Å². The van der Waals surface area contributed by atoms with E-state index in [0.29, 0.717) is 5.56 Å². The molecule has 6 rings (SSSR count). The molecule has 0 radical (unpaired) electrons. The molecule has 0 saturated carbocycles. The topological polar surface area (TPSA) is 29.1 Å². The Morgan fingerprint density at radius 3 is 1.76 bits per heavy atom. The molecule has 6 aromatic carbocycles. The van der Waals surface area contributed by atoms with Gasteiger partial charge in [-0.2, -0.15) is 0 Å². The van der Waals surface area contributed by atoms with Gasteiger partial charge in [0.05, 0.1) is 5.69 Å². The van der Waals surface area contributed by atoms with Crippen molar-refractivity contribution in [2.75, 3.05) is 5.32 Å². The van der Waals surface area contributed by atoms with Gasteiger partial charge in [-0.15, -0.1) is 0 Å². The lowest BCUT2D eigenvalue weighted by Gasteiger charge is -2.19. The maximum atomic E-state index is 13.8. The monoisotopic (exact) mass is 501 g/mol. The van der Waals surface area contributed by atoms with Gasteiger partial charge in [0.1, 0.15) is 0 Å². The summed E-state index contributed by atoms with van der Waals surface area (Å²) >= 11 is 3.62. The molecule has 0 unspecified atom stereocenters. The summed E-state index contributed by atoms with van der Waals surface area (Å²) in [5.74, 6) is -0.124. The van der Waals surface area contributed by atoms with Crippen LogP contribution >= 0.6 is 15.9 Å². The zero-order chi connectivity index (χ0) is 23.1. The Morgan fingerprint density at radius 1 is 0.529 bits per heavy atom. The molecule has 2 nitrogen and oxygen atoms in total. The van der Waals surface area contributed by atoms with Crippen LogP contribution in [0, 0.1) is 0 Å². The van der Waals surface area contributed by atoms with Gasteiger partial charge in [0, 0.05) is 21.0 Å². The van der Waals surface area contributed by atoms with Crippen molar-refractivity contribution in [3.63, 3.8) is 0 Å². The number of carbonyl (C=O) groups is 1. The number of amides is 1. The first-order valence-corrected chi connectivity index (χ1v) is 12.0. The van der Waals surface area contributed by atoms with Crippen LogP contribution in [-0.2, 0) is 0 Å². The van der Waals surface area contributed by atoms with Gasteiger partial charge in [-0.1, -0.05) is 119 Å². The highest BCUT2D eigenvalue weighted by Gasteiger charge is 2.19. The first-order valence-electron chi connectivity index (χ1n) is 11.2. The van der Waals surface area contributed by atoms with Crippen molar-refractivity contribution >= 4 is 59.8 Å². The highest BCUT2D eigenvalue weighted by Crippen LogP contribution is 2.42. The first-order chi connectivity index (χ1) is 16.7. The summed E-state index contributed by atoms with van der Waals surface area (Å²) in [6.07, 6.45) is 0. The highest BCUT2D eigenvalue weighted by atomic mass is 79.9. The van der Waals surface area contributed by atoms with Crippen molar-refractivity contribution < 1.29 is 4.79 Å². The summed E-state index contributed by atoms with van der Waals surface area (Å²) in [6, 6.07) is 38.7. The van der Waals surface area contributed by atoms with Crippen LogP contribution in [0.1, 0.15) is 10.4 Å². The molecule has 1 amide bonds. The minimum absolute atomic E-state index is 0.124. The van der Waals surface area contributed by atoms with Gasteiger partial charge in [0.2, 0.25) is 0 Å². The van der Waals surface area contributed by atoms with Crippen LogP contribution in [-0.4, -0.2) is 5.91 Å². The molecule has 0 heterocycles. The maximum Gasteiger partial charge on any atom is 0.256 e. The van der Waals surface area contributed by atoms with E-state index >= 15 is 0 Å². The van der Waals surface area contributed by atoms with E-state index in [9.17, 15) is 4.79 Å². The van der Waals surface area contributed by atoms with Crippen molar-refractivity contribution in [3.8, 4) is 11.1 Å². The van der Waals surface area contributed by atoms with Crippen molar-refractivity contribution in [2.45, 2.75) is 0 Å². The van der Waals surface area contributed by atoms with E-state index in [2.05, 4.69) is 69.8 Å². The predicted octanol–water partition coefficient (Wildman–Crippen LogP) is 8.83. The van der Waals surface area contributed by atoms with Crippen LogP contribution in [0.2, 0.25) is 0 Å². The van der Waals surface area contributed by atoms with Crippen LogP contribution in [0.4, 0.5) is 5.69 Å². The average molecular weight is 502 g/mol. The fourth-order valence-corrected chi connectivity index (χ4v) is 5.29. The van der Waals surface area contributed by atoms with E-state index in [1.54, 1.807) is 0 Å². The van der Waals surface area contributed by atoms with Crippen molar-refractivity contribution in [3.05, 3.63) is 125 Å². The lowest BCUT2D eigenvalue weighted by molar-refractivity contribution is 0.102. The number of hydrogen-bond donors (Lipinski definition) is 1. The second-order valence-electron chi connectivity index (χ2n) is 8.30. The Hall–Kier alpha value is -3.95. The van der Waals surface area contributed by atoms with Crippen LogP contribution in [0.25, 0.3) is 43.4 Å². The van der Waals surface area contributed by atoms with E-state index < -0.39 is 0 Å². The number of nitrogens with one attached hydrogen (secondary N) is 1. The molecule has 0 spiro atoms. The fraction of sp³-hybridized carbons (Fsp3) is 0. The van der Waals surface area contributed by atoms with Gasteiger partial charge >= 0.3 is 0 Å². The number of benzene rings is 6. The number of fused-ring (bicyclic) bond motifs is 4. The van der Waals surface area contributed by atoms with E-state index in [1.807, 2.05) is 66.7 Å². The van der Waals surface area contributed by atoms with E-state index in [1.165, 1.54) is 5.39 Å². The standard InChI is InChI=1S/C31H20BrNO/c32-28-19-18-27(23-14-4-7-15-24(23)28)31(34)33-30-26-17-9-6-13-22(26)21-12-5-8-16-25(21)29(30)20-10-2-1-3-11-20/h1-19H,(H,33,34). The molecular formula is C31H20BrNO. The first kappa shape index (κ1) is 20.6. The summed E-state index contributed by atoms with van der Waals surface area (Å²) in [7, 11) is 0. The molecule has 162 valence electrons. The molecular weight excluding hydrogens is 482 g/mol. The summed E-state index contributed by atoms with van der Waals surface area (Å²) in [4.78, 5) is 13.8. The SMILES string of the molecule is O=C(Nc1c(-c2ccccc2)c2ccccc2c2ccccc12)c1ccc(Br)c2ccccc12. The summed E-state index contributed by atoms with van der Waals surface area (Å²) in [5.41, 5.74) is 3.58. The Kier molecular flexibility index (Phi) is 5.12. The van der Waals surface area contributed by atoms with Crippen LogP contribution < -0.4 is 5.32 Å². The number of carbonyl (C=O) groups excluding carboxylic acids is 1. The number of halogens is 1. The average Bonchev–Trinajstić information content (AvgIpc) is 2.89. The molecule has 0 aliphatic heterocycles. The van der Waals surface area contributed by atoms with E-state index in [-0.39, 0.29) is 5.91 Å². The third-order valence-electron chi connectivity index (χ3n) is 6.35. The molecule has 34 heavy (non-hydrogen) atoms. The van der Waals surface area contributed by atoms with Gasteiger partial charge in [0.25, 0.3) is 5.91 Å². The molecule has 0 aliphatic rings. The lowest BCUT2D eigenvalue weighted by atomic mass is 9.91. The third kappa shape index (κ3) is 3.37. The second kappa shape index (κ2) is 8.44. The highest BCUT2D eigenvalue weighted by molar-refractivity contribution is 9.10.